The van der Waals surface area contributed by atoms with Gasteiger partial charge >= 0.3 is 0 Å². The molecule has 0 N–H and O–H groups in total. The molecule has 0 atom stereocenters. The van der Waals surface area contributed by atoms with Crippen LogP contribution in [0.4, 0.5) is 5.69 Å². The van der Waals surface area contributed by atoms with E-state index >= 15 is 0 Å². The predicted octanol–water partition coefficient (Wildman–Crippen LogP) is 4.31. The molecule has 1 amide bonds. The maximum Gasteiger partial charge on any atom is 0.269 e. The number of aromatic nitrogens is 2. The molecule has 1 saturated heterocycles. The third-order valence-corrected chi connectivity index (χ3v) is 7.47. The fourth-order valence-electron chi connectivity index (χ4n) is 4.38. The predicted molar refractivity (Wildman–Crippen MR) is 146 cm³/mol. The number of benzene rings is 3. The Hall–Kier alpha value is -4.02. The van der Waals surface area contributed by atoms with E-state index in [-0.39, 0.29) is 17.2 Å². The highest BCUT2D eigenvalue weighted by molar-refractivity contribution is 7.98. The van der Waals surface area contributed by atoms with Crippen molar-refractivity contribution in [1.29, 1.82) is 0 Å². The third kappa shape index (κ3) is 5.76. The number of rotatable bonds is 8. The van der Waals surface area contributed by atoms with Gasteiger partial charge in [-0.05, 0) is 35.7 Å². The van der Waals surface area contributed by atoms with Crippen LogP contribution in [0.5, 0.6) is 0 Å². The first kappa shape index (κ1) is 25.6. The molecule has 0 radical (unpaired) electrons. The van der Waals surface area contributed by atoms with Crippen molar-refractivity contribution in [3.8, 4) is 0 Å². The number of carbonyl (C=O) groups is 1. The topological polar surface area (TPSA) is 108 Å². The minimum atomic E-state index is -0.425. The highest BCUT2D eigenvalue weighted by atomic mass is 32.2. The summed E-state index contributed by atoms with van der Waals surface area (Å²) in [7, 11) is 0. The SMILES string of the molecule is O=C(c1ccc2c(=O)n(CCc3ccccc3)c(SCc3cccc([N+](=O)[O-])c3)nc2c1)N1CCOCC1. The zero-order valence-electron chi connectivity index (χ0n) is 20.6. The van der Waals surface area contributed by atoms with Gasteiger partial charge in [-0.25, -0.2) is 4.98 Å². The lowest BCUT2D eigenvalue weighted by Crippen LogP contribution is -2.40. The average Bonchev–Trinajstić information content (AvgIpc) is 2.96. The second kappa shape index (κ2) is 11.6. The zero-order valence-corrected chi connectivity index (χ0v) is 21.4. The molecule has 5 rings (SSSR count). The van der Waals surface area contributed by atoms with Crippen molar-refractivity contribution < 1.29 is 14.5 Å². The highest BCUT2D eigenvalue weighted by Crippen LogP contribution is 2.25. The van der Waals surface area contributed by atoms with Gasteiger partial charge in [-0.2, -0.15) is 0 Å². The van der Waals surface area contributed by atoms with Crippen LogP contribution in [0, 0.1) is 10.1 Å². The highest BCUT2D eigenvalue weighted by Gasteiger charge is 2.20. The van der Waals surface area contributed by atoms with Crippen LogP contribution in [-0.4, -0.2) is 51.6 Å². The Balaban J connectivity index is 1.49. The summed E-state index contributed by atoms with van der Waals surface area (Å²) in [5.74, 6) is 0.285. The summed E-state index contributed by atoms with van der Waals surface area (Å²) in [6.07, 6.45) is 0.645. The van der Waals surface area contributed by atoms with Crippen LogP contribution in [-0.2, 0) is 23.5 Å². The first-order chi connectivity index (χ1) is 18.5. The van der Waals surface area contributed by atoms with E-state index in [0.717, 1.165) is 11.1 Å². The Morgan fingerprint density at radius 3 is 2.53 bits per heavy atom. The van der Waals surface area contributed by atoms with Gasteiger partial charge in [-0.15, -0.1) is 0 Å². The number of nitro benzene ring substituents is 1. The smallest absolute Gasteiger partial charge is 0.269 e. The number of hydrogen-bond acceptors (Lipinski definition) is 7. The van der Waals surface area contributed by atoms with Crippen molar-refractivity contribution in [1.82, 2.24) is 14.5 Å². The van der Waals surface area contributed by atoms with Gasteiger partial charge in [0, 0.05) is 43.1 Å². The summed E-state index contributed by atoms with van der Waals surface area (Å²) < 4.78 is 7.00. The van der Waals surface area contributed by atoms with Gasteiger partial charge in [0.25, 0.3) is 17.2 Å². The fraction of sp³-hybridized carbons (Fsp3) is 0.250. The van der Waals surface area contributed by atoms with E-state index in [9.17, 15) is 19.7 Å². The molecule has 0 unspecified atom stereocenters. The second-order valence-electron chi connectivity index (χ2n) is 8.94. The van der Waals surface area contributed by atoms with Crippen LogP contribution in [0.25, 0.3) is 10.9 Å². The lowest BCUT2D eigenvalue weighted by atomic mass is 10.1. The normalized spacial score (nSPS) is 13.5. The fourth-order valence-corrected chi connectivity index (χ4v) is 5.35. The number of fused-ring (bicyclic) bond motifs is 1. The van der Waals surface area contributed by atoms with E-state index in [1.807, 2.05) is 36.4 Å². The van der Waals surface area contributed by atoms with E-state index in [1.165, 1.54) is 23.9 Å². The minimum Gasteiger partial charge on any atom is -0.378 e. The molecule has 1 aliphatic heterocycles. The molecule has 1 aliphatic rings. The van der Waals surface area contributed by atoms with E-state index in [4.69, 9.17) is 9.72 Å². The van der Waals surface area contributed by atoms with Gasteiger partial charge < -0.3 is 9.64 Å². The molecule has 9 nitrogen and oxygen atoms in total. The number of non-ortho nitro benzene ring substituents is 1. The maximum absolute atomic E-state index is 13.6. The van der Waals surface area contributed by atoms with Crippen molar-refractivity contribution in [2.45, 2.75) is 23.9 Å². The molecule has 1 fully saturated rings. The number of morpholine rings is 1. The van der Waals surface area contributed by atoms with Gasteiger partial charge in [-0.3, -0.25) is 24.3 Å². The van der Waals surface area contributed by atoms with E-state index in [1.54, 1.807) is 33.7 Å². The molecule has 0 saturated carbocycles. The molecule has 1 aromatic heterocycles. The molecule has 0 aliphatic carbocycles. The van der Waals surface area contributed by atoms with Crippen LogP contribution < -0.4 is 5.56 Å². The first-order valence-corrected chi connectivity index (χ1v) is 13.3. The van der Waals surface area contributed by atoms with Crippen molar-refractivity contribution in [2.75, 3.05) is 26.3 Å². The average molecular weight is 531 g/mol. The van der Waals surface area contributed by atoms with Gasteiger partial charge in [-0.1, -0.05) is 54.2 Å². The Morgan fingerprint density at radius 1 is 1.00 bits per heavy atom. The van der Waals surface area contributed by atoms with E-state index < -0.39 is 4.92 Å². The largest absolute Gasteiger partial charge is 0.378 e. The summed E-state index contributed by atoms with van der Waals surface area (Å²) in [5.41, 5.74) is 2.61. The lowest BCUT2D eigenvalue weighted by molar-refractivity contribution is -0.384. The number of ether oxygens (including phenoxy) is 1. The summed E-state index contributed by atoms with van der Waals surface area (Å²) in [4.78, 5) is 44.0. The van der Waals surface area contributed by atoms with Crippen LogP contribution in [0.3, 0.4) is 0 Å². The molecule has 0 spiro atoms. The number of nitro groups is 1. The van der Waals surface area contributed by atoms with Gasteiger partial charge in [0.2, 0.25) is 0 Å². The number of thioether (sulfide) groups is 1. The summed E-state index contributed by atoms with van der Waals surface area (Å²) >= 11 is 1.34. The first-order valence-electron chi connectivity index (χ1n) is 12.3. The molecule has 2 heterocycles. The van der Waals surface area contributed by atoms with Gasteiger partial charge in [0.1, 0.15) is 0 Å². The van der Waals surface area contributed by atoms with Gasteiger partial charge in [0.05, 0.1) is 29.0 Å². The molecule has 3 aromatic carbocycles. The Kier molecular flexibility index (Phi) is 7.81. The number of hydrogen-bond donors (Lipinski definition) is 0. The second-order valence-corrected chi connectivity index (χ2v) is 9.88. The molecular formula is C28H26N4O5S. The molecule has 38 heavy (non-hydrogen) atoms. The van der Waals surface area contributed by atoms with Crippen LogP contribution in [0.15, 0.2) is 82.7 Å². The van der Waals surface area contributed by atoms with Crippen LogP contribution in [0.1, 0.15) is 21.5 Å². The van der Waals surface area contributed by atoms with E-state index in [0.29, 0.717) is 66.6 Å². The molecule has 194 valence electrons. The van der Waals surface area contributed by atoms with E-state index in [2.05, 4.69) is 0 Å². The number of carbonyl (C=O) groups excluding carboxylic acids is 1. The Bertz CT molecular complexity index is 1530. The van der Waals surface area contributed by atoms with Gasteiger partial charge in [0.15, 0.2) is 5.16 Å². The number of aryl methyl sites for hydroxylation is 1. The molecule has 0 bridgehead atoms. The third-order valence-electron chi connectivity index (χ3n) is 6.42. The molecule has 4 aromatic rings. The monoisotopic (exact) mass is 530 g/mol. The summed E-state index contributed by atoms with van der Waals surface area (Å²) in [5, 5.41) is 12.1. The summed E-state index contributed by atoms with van der Waals surface area (Å²) in [6, 6.07) is 21.4. The lowest BCUT2D eigenvalue weighted by Gasteiger charge is -2.26. The molecular weight excluding hydrogens is 504 g/mol. The minimum absolute atomic E-state index is 0.0160. The number of amides is 1. The Labute approximate surface area is 223 Å². The summed E-state index contributed by atoms with van der Waals surface area (Å²) in [6.45, 7) is 2.48. The van der Waals surface area contributed by atoms with Crippen molar-refractivity contribution in [3.63, 3.8) is 0 Å². The zero-order chi connectivity index (χ0) is 26.5. The quantitative estimate of drug-likeness (QED) is 0.145. The number of nitrogens with zero attached hydrogens (tertiary/aromatic N) is 4. The van der Waals surface area contributed by atoms with Crippen LogP contribution >= 0.6 is 11.8 Å². The molecule has 10 heteroatoms. The van der Waals surface area contributed by atoms with Crippen molar-refractivity contribution in [2.24, 2.45) is 0 Å². The Morgan fingerprint density at radius 2 is 1.76 bits per heavy atom. The van der Waals surface area contributed by atoms with Crippen molar-refractivity contribution >= 4 is 34.3 Å². The van der Waals surface area contributed by atoms with Crippen LogP contribution in [0.2, 0.25) is 0 Å². The standard InChI is InChI=1S/C28H26N4O5S/c33-26(30-13-15-37-16-14-30)22-9-10-24-25(18-22)29-28(38-19-21-7-4-8-23(17-21)32(35)36)31(27(24)34)12-11-20-5-2-1-3-6-20/h1-10,17-18H,11-16,19H2. The van der Waals surface area contributed by atoms with Crippen molar-refractivity contribution in [3.05, 3.63) is 110 Å². The maximum atomic E-state index is 13.6.